The number of nitrogens with zero attached hydrogens (tertiary/aromatic N) is 2. The molecule has 2 heterocycles. The summed E-state index contributed by atoms with van der Waals surface area (Å²) in [6.45, 7) is 1.35. The van der Waals surface area contributed by atoms with E-state index in [-0.39, 0.29) is 30.1 Å². The van der Waals surface area contributed by atoms with Crippen LogP contribution in [0, 0.1) is 23.5 Å². The molecule has 2 aromatic rings. The Morgan fingerprint density at radius 2 is 1.94 bits per heavy atom. The number of hydrogen-bond donors (Lipinski definition) is 2. The highest BCUT2D eigenvalue weighted by Gasteiger charge is 2.34. The summed E-state index contributed by atoms with van der Waals surface area (Å²) in [6, 6.07) is 10.0. The normalized spacial score (nSPS) is 20.3. The van der Waals surface area contributed by atoms with Gasteiger partial charge in [-0.3, -0.25) is 9.79 Å². The van der Waals surface area contributed by atoms with Crippen molar-refractivity contribution in [3.8, 4) is 0 Å². The molecule has 168 valence electrons. The summed E-state index contributed by atoms with van der Waals surface area (Å²) < 4.78 is 27.1. The average Bonchev–Trinajstić information content (AvgIpc) is 2.74. The van der Waals surface area contributed by atoms with Crippen molar-refractivity contribution in [2.75, 3.05) is 25.0 Å². The highest BCUT2D eigenvalue weighted by atomic mass is 19.1. The lowest BCUT2D eigenvalue weighted by Crippen LogP contribution is -2.46. The molecule has 4 rings (SSSR count). The van der Waals surface area contributed by atoms with Crippen LogP contribution in [-0.2, 0) is 11.2 Å². The van der Waals surface area contributed by atoms with Crippen molar-refractivity contribution < 1.29 is 23.5 Å². The van der Waals surface area contributed by atoms with E-state index in [4.69, 9.17) is 0 Å². The Hall–Kier alpha value is -3.29. The molecule has 2 amide bonds. The number of amides is 2. The van der Waals surface area contributed by atoms with Crippen LogP contribution in [0.1, 0.15) is 30.4 Å². The molecule has 1 fully saturated rings. The summed E-state index contributed by atoms with van der Waals surface area (Å²) in [4.78, 5) is 30.5. The number of nitrogens with one attached hydrogen (secondary N) is 1. The van der Waals surface area contributed by atoms with Crippen LogP contribution in [-0.4, -0.2) is 47.4 Å². The average molecular weight is 441 g/mol. The van der Waals surface area contributed by atoms with Crippen molar-refractivity contribution in [1.82, 2.24) is 4.90 Å². The number of carbonyl (C=O) groups excluding carboxylic acids is 1. The first-order chi connectivity index (χ1) is 15.4. The van der Waals surface area contributed by atoms with Gasteiger partial charge in [0.1, 0.15) is 11.6 Å². The number of urea groups is 1. The molecular formula is C24H25F2N3O3. The number of anilines is 1. The number of carbonyl (C=O) groups is 2. The number of aliphatic carboxylic acids is 1. The number of aliphatic imine (C=N–C) groups is 1. The van der Waals surface area contributed by atoms with Crippen molar-refractivity contribution in [2.45, 2.75) is 25.7 Å². The van der Waals surface area contributed by atoms with E-state index in [1.165, 1.54) is 30.3 Å². The van der Waals surface area contributed by atoms with E-state index in [0.29, 0.717) is 44.6 Å². The monoisotopic (exact) mass is 441 g/mol. The Balaban J connectivity index is 1.50. The molecule has 2 N–H and O–H groups in total. The first kappa shape index (κ1) is 21.9. The van der Waals surface area contributed by atoms with E-state index in [1.807, 2.05) is 0 Å². The van der Waals surface area contributed by atoms with Crippen LogP contribution < -0.4 is 5.32 Å². The predicted octanol–water partition coefficient (Wildman–Crippen LogP) is 4.35. The predicted molar refractivity (Wildman–Crippen MR) is 117 cm³/mol. The second-order valence-corrected chi connectivity index (χ2v) is 8.38. The standard InChI is InChI=1S/C24H25F2N3O3/c25-18-2-1-3-20(13-18)28-24(32)29-9-7-15(12-23(30)31)17(14-29)11-22-21-5-4-19(26)10-16(21)6-8-27-22/h1-5,10,13,15,17H,6-9,11-12,14H2,(H,28,32)(H,30,31)/t15-,17-/m0/s1. The molecule has 2 aliphatic rings. The summed E-state index contributed by atoms with van der Waals surface area (Å²) in [5.74, 6) is -1.80. The molecule has 2 aromatic carbocycles. The molecule has 8 heteroatoms. The van der Waals surface area contributed by atoms with Crippen LogP contribution in [0.15, 0.2) is 47.5 Å². The molecule has 0 bridgehead atoms. The van der Waals surface area contributed by atoms with Crippen molar-refractivity contribution in [3.63, 3.8) is 0 Å². The van der Waals surface area contributed by atoms with Gasteiger partial charge in [0.15, 0.2) is 0 Å². The number of piperidine rings is 1. The first-order valence-corrected chi connectivity index (χ1v) is 10.7. The van der Waals surface area contributed by atoms with Crippen molar-refractivity contribution >= 4 is 23.4 Å². The van der Waals surface area contributed by atoms with E-state index in [9.17, 15) is 23.5 Å². The van der Waals surface area contributed by atoms with Gasteiger partial charge in [-0.25, -0.2) is 13.6 Å². The minimum absolute atomic E-state index is 0.0214. The quantitative estimate of drug-likeness (QED) is 0.724. The van der Waals surface area contributed by atoms with E-state index in [0.717, 1.165) is 16.8 Å². The minimum atomic E-state index is -0.870. The van der Waals surface area contributed by atoms with Crippen LogP contribution >= 0.6 is 0 Å². The number of rotatable bonds is 5. The third-order valence-corrected chi connectivity index (χ3v) is 6.21. The Morgan fingerprint density at radius 1 is 1.12 bits per heavy atom. The van der Waals surface area contributed by atoms with Crippen LogP contribution in [0.5, 0.6) is 0 Å². The van der Waals surface area contributed by atoms with E-state index >= 15 is 0 Å². The largest absolute Gasteiger partial charge is 0.481 e. The number of fused-ring (bicyclic) bond motifs is 1. The fourth-order valence-corrected chi connectivity index (χ4v) is 4.63. The van der Waals surface area contributed by atoms with Crippen molar-refractivity contribution in [1.29, 1.82) is 0 Å². The summed E-state index contributed by atoms with van der Waals surface area (Å²) in [6.07, 6.45) is 1.76. The van der Waals surface area contributed by atoms with Crippen LogP contribution in [0.25, 0.3) is 0 Å². The molecule has 0 radical (unpaired) electrons. The zero-order valence-electron chi connectivity index (χ0n) is 17.6. The van der Waals surface area contributed by atoms with Gasteiger partial charge in [0, 0.05) is 37.5 Å². The van der Waals surface area contributed by atoms with Crippen LogP contribution in [0.3, 0.4) is 0 Å². The zero-order chi connectivity index (χ0) is 22.7. The third kappa shape index (κ3) is 5.12. The second kappa shape index (κ2) is 9.46. The second-order valence-electron chi connectivity index (χ2n) is 8.38. The Labute approximate surface area is 185 Å². The number of benzene rings is 2. The first-order valence-electron chi connectivity index (χ1n) is 10.7. The number of likely N-dealkylation sites (tertiary alicyclic amines) is 1. The summed E-state index contributed by atoms with van der Waals surface area (Å²) in [7, 11) is 0. The highest BCUT2D eigenvalue weighted by Crippen LogP contribution is 2.32. The molecule has 0 aromatic heterocycles. The summed E-state index contributed by atoms with van der Waals surface area (Å²) in [5, 5.41) is 12.1. The van der Waals surface area contributed by atoms with Crippen LogP contribution in [0.2, 0.25) is 0 Å². The van der Waals surface area contributed by atoms with Crippen molar-refractivity contribution in [3.05, 3.63) is 65.2 Å². The number of halogens is 2. The van der Waals surface area contributed by atoms with Crippen molar-refractivity contribution in [2.24, 2.45) is 16.8 Å². The zero-order valence-corrected chi connectivity index (χ0v) is 17.6. The maximum atomic E-state index is 13.7. The molecular weight excluding hydrogens is 416 g/mol. The molecule has 0 spiro atoms. The molecule has 2 atom stereocenters. The van der Waals surface area contributed by atoms with Crippen LogP contribution in [0.4, 0.5) is 19.3 Å². The Kier molecular flexibility index (Phi) is 6.48. The lowest BCUT2D eigenvalue weighted by molar-refractivity contribution is -0.138. The van der Waals surface area contributed by atoms with Gasteiger partial charge in [-0.2, -0.15) is 0 Å². The molecule has 6 nitrogen and oxygen atoms in total. The van der Waals surface area contributed by atoms with Gasteiger partial charge in [0.05, 0.1) is 0 Å². The highest BCUT2D eigenvalue weighted by molar-refractivity contribution is 6.02. The molecule has 0 aliphatic carbocycles. The lowest BCUT2D eigenvalue weighted by Gasteiger charge is -2.38. The Bertz CT molecular complexity index is 1060. The van der Waals surface area contributed by atoms with Gasteiger partial charge >= 0.3 is 12.0 Å². The van der Waals surface area contributed by atoms with Gasteiger partial charge in [0.25, 0.3) is 0 Å². The fraction of sp³-hybridized carbons (Fsp3) is 0.375. The number of carboxylic acids is 1. The molecule has 1 saturated heterocycles. The van der Waals surface area contributed by atoms with Gasteiger partial charge in [0.2, 0.25) is 0 Å². The van der Waals surface area contributed by atoms with Gasteiger partial charge in [-0.05, 0) is 78.6 Å². The summed E-state index contributed by atoms with van der Waals surface area (Å²) in [5.41, 5.74) is 3.00. The van der Waals surface area contributed by atoms with E-state index < -0.39 is 11.8 Å². The van der Waals surface area contributed by atoms with E-state index in [1.54, 1.807) is 17.0 Å². The SMILES string of the molecule is O=C(O)C[C@@H]1CCN(C(=O)Nc2cccc(F)c2)C[C@@H]1CC1=NCCc2cc(F)ccc21. The maximum Gasteiger partial charge on any atom is 0.321 e. The topological polar surface area (TPSA) is 82.0 Å². The van der Waals surface area contributed by atoms with Gasteiger partial charge in [-0.1, -0.05) is 6.07 Å². The summed E-state index contributed by atoms with van der Waals surface area (Å²) >= 11 is 0. The molecule has 32 heavy (non-hydrogen) atoms. The molecule has 2 aliphatic heterocycles. The third-order valence-electron chi connectivity index (χ3n) is 6.21. The smallest absolute Gasteiger partial charge is 0.321 e. The maximum absolute atomic E-state index is 13.7. The minimum Gasteiger partial charge on any atom is -0.481 e. The lowest BCUT2D eigenvalue weighted by atomic mass is 9.78. The number of hydrogen-bond acceptors (Lipinski definition) is 3. The molecule has 0 unspecified atom stereocenters. The van der Waals surface area contributed by atoms with Gasteiger partial charge in [-0.15, -0.1) is 0 Å². The van der Waals surface area contributed by atoms with E-state index in [2.05, 4.69) is 10.3 Å². The fourth-order valence-electron chi connectivity index (χ4n) is 4.63. The number of carboxylic acid groups (broad SMARTS) is 1. The molecule has 0 saturated carbocycles. The Morgan fingerprint density at radius 3 is 2.72 bits per heavy atom. The van der Waals surface area contributed by atoms with Gasteiger partial charge < -0.3 is 15.3 Å².